The van der Waals surface area contributed by atoms with Crippen LogP contribution in [0, 0.1) is 5.92 Å². The minimum atomic E-state index is -0.815. The Morgan fingerprint density at radius 2 is 2.00 bits per heavy atom. The number of rotatable bonds is 4. The maximum absolute atomic E-state index is 11.4. The second kappa shape index (κ2) is 5.70. The number of esters is 1. The molecule has 0 unspecified atom stereocenters. The fraction of sp³-hybridized carbons (Fsp3) is 0.800. The van der Waals surface area contributed by atoms with E-state index in [1.165, 1.54) is 0 Å². The van der Waals surface area contributed by atoms with E-state index < -0.39 is 5.97 Å². The van der Waals surface area contributed by atoms with Crippen molar-refractivity contribution in [2.45, 2.75) is 19.8 Å². The molecule has 0 aromatic rings. The summed E-state index contributed by atoms with van der Waals surface area (Å²) in [5.41, 5.74) is 0. The van der Waals surface area contributed by atoms with Crippen molar-refractivity contribution in [2.75, 3.05) is 26.2 Å². The van der Waals surface area contributed by atoms with Gasteiger partial charge in [0.2, 0.25) is 0 Å². The fourth-order valence-electron chi connectivity index (χ4n) is 1.78. The summed E-state index contributed by atoms with van der Waals surface area (Å²) in [5.74, 6) is -1.01. The summed E-state index contributed by atoms with van der Waals surface area (Å²) in [5, 5.41) is 8.59. The Labute approximate surface area is 89.0 Å². The summed E-state index contributed by atoms with van der Waals surface area (Å²) in [6.07, 6.45) is 1.40. The smallest absolute Gasteiger partial charge is 0.317 e. The van der Waals surface area contributed by atoms with Crippen LogP contribution in [0.25, 0.3) is 0 Å². The molecule has 0 saturated carbocycles. The predicted molar refractivity (Wildman–Crippen MR) is 53.4 cm³/mol. The normalized spacial score (nSPS) is 18.7. The second-order valence-electron chi connectivity index (χ2n) is 3.70. The van der Waals surface area contributed by atoms with Crippen molar-refractivity contribution in [1.82, 2.24) is 4.90 Å². The van der Waals surface area contributed by atoms with Crippen LogP contribution in [0.4, 0.5) is 0 Å². The lowest BCUT2D eigenvalue weighted by Crippen LogP contribution is -2.39. The molecule has 0 aromatic carbocycles. The third-order valence-corrected chi connectivity index (χ3v) is 2.57. The van der Waals surface area contributed by atoms with E-state index in [0.717, 1.165) is 0 Å². The molecule has 1 aliphatic heterocycles. The van der Waals surface area contributed by atoms with Crippen LogP contribution in [0.1, 0.15) is 19.8 Å². The molecule has 1 saturated heterocycles. The van der Waals surface area contributed by atoms with Gasteiger partial charge in [-0.15, -0.1) is 0 Å². The van der Waals surface area contributed by atoms with E-state index in [1.54, 1.807) is 6.92 Å². The monoisotopic (exact) mass is 215 g/mol. The van der Waals surface area contributed by atoms with Crippen LogP contribution in [0.2, 0.25) is 0 Å². The van der Waals surface area contributed by atoms with Gasteiger partial charge in [0.25, 0.3) is 0 Å². The molecule has 0 amide bonds. The van der Waals surface area contributed by atoms with Crippen molar-refractivity contribution in [3.8, 4) is 0 Å². The van der Waals surface area contributed by atoms with E-state index >= 15 is 0 Å². The molecule has 1 heterocycles. The van der Waals surface area contributed by atoms with Gasteiger partial charge in [-0.05, 0) is 32.9 Å². The van der Waals surface area contributed by atoms with Crippen LogP contribution in [0.3, 0.4) is 0 Å². The maximum atomic E-state index is 11.4. The first kappa shape index (κ1) is 12.0. The first-order valence-electron chi connectivity index (χ1n) is 5.24. The summed E-state index contributed by atoms with van der Waals surface area (Å²) in [6, 6.07) is 0. The van der Waals surface area contributed by atoms with Crippen molar-refractivity contribution < 1.29 is 19.4 Å². The quantitative estimate of drug-likeness (QED) is 0.685. The highest BCUT2D eigenvalue weighted by Crippen LogP contribution is 2.18. The SMILES string of the molecule is CCOC(=O)C1CCN(CC(=O)O)CC1. The molecular formula is C10H17NO4. The minimum Gasteiger partial charge on any atom is -0.480 e. The lowest BCUT2D eigenvalue weighted by Gasteiger charge is -2.29. The first-order valence-corrected chi connectivity index (χ1v) is 5.24. The van der Waals surface area contributed by atoms with Gasteiger partial charge in [-0.2, -0.15) is 0 Å². The third kappa shape index (κ3) is 3.87. The number of piperidine rings is 1. The van der Waals surface area contributed by atoms with Crippen molar-refractivity contribution in [1.29, 1.82) is 0 Å². The molecule has 0 atom stereocenters. The molecule has 86 valence electrons. The largest absolute Gasteiger partial charge is 0.480 e. The molecule has 15 heavy (non-hydrogen) atoms. The molecule has 0 radical (unpaired) electrons. The average Bonchev–Trinajstić information content (AvgIpc) is 2.18. The van der Waals surface area contributed by atoms with Gasteiger partial charge in [0.1, 0.15) is 0 Å². The lowest BCUT2D eigenvalue weighted by atomic mass is 9.97. The number of carboxylic acids is 1. The van der Waals surface area contributed by atoms with Crippen LogP contribution in [-0.2, 0) is 14.3 Å². The second-order valence-corrected chi connectivity index (χ2v) is 3.70. The lowest BCUT2D eigenvalue weighted by molar-refractivity contribution is -0.149. The topological polar surface area (TPSA) is 66.8 Å². The third-order valence-electron chi connectivity index (χ3n) is 2.57. The molecule has 1 N–H and O–H groups in total. The molecular weight excluding hydrogens is 198 g/mol. The van der Waals surface area contributed by atoms with E-state index in [2.05, 4.69) is 0 Å². The number of hydrogen-bond acceptors (Lipinski definition) is 4. The summed E-state index contributed by atoms with van der Waals surface area (Å²) in [7, 11) is 0. The number of carboxylic acid groups (broad SMARTS) is 1. The van der Waals surface area contributed by atoms with Crippen molar-refractivity contribution in [3.63, 3.8) is 0 Å². The number of ether oxygens (including phenoxy) is 1. The highest BCUT2D eigenvalue weighted by Gasteiger charge is 2.26. The Balaban J connectivity index is 2.29. The zero-order chi connectivity index (χ0) is 11.3. The Morgan fingerprint density at radius 3 is 2.47 bits per heavy atom. The Bertz CT molecular complexity index is 234. The Hall–Kier alpha value is -1.10. The summed E-state index contributed by atoms with van der Waals surface area (Å²) >= 11 is 0. The van der Waals surface area contributed by atoms with Crippen LogP contribution >= 0.6 is 0 Å². The minimum absolute atomic E-state index is 0.0463. The fourth-order valence-corrected chi connectivity index (χ4v) is 1.78. The molecule has 0 spiro atoms. The zero-order valence-corrected chi connectivity index (χ0v) is 8.94. The summed E-state index contributed by atoms with van der Waals surface area (Å²) in [4.78, 5) is 23.7. The maximum Gasteiger partial charge on any atom is 0.317 e. The van der Waals surface area contributed by atoms with E-state index in [9.17, 15) is 9.59 Å². The molecule has 1 aliphatic rings. The van der Waals surface area contributed by atoms with E-state index in [-0.39, 0.29) is 18.4 Å². The number of carbonyl (C=O) groups is 2. The standard InChI is InChI=1S/C10H17NO4/c1-2-15-10(14)8-3-5-11(6-4-8)7-9(12)13/h8H,2-7H2,1H3,(H,12,13). The van der Waals surface area contributed by atoms with Crippen LogP contribution in [-0.4, -0.2) is 48.2 Å². The van der Waals surface area contributed by atoms with Gasteiger partial charge < -0.3 is 9.84 Å². The van der Waals surface area contributed by atoms with Crippen molar-refractivity contribution >= 4 is 11.9 Å². The molecule has 5 nitrogen and oxygen atoms in total. The van der Waals surface area contributed by atoms with Gasteiger partial charge >= 0.3 is 11.9 Å². The summed E-state index contributed by atoms with van der Waals surface area (Å²) in [6.45, 7) is 3.59. The molecule has 0 bridgehead atoms. The first-order chi connectivity index (χ1) is 7.13. The number of carbonyl (C=O) groups excluding carboxylic acids is 1. The number of aliphatic carboxylic acids is 1. The number of hydrogen-bond donors (Lipinski definition) is 1. The van der Waals surface area contributed by atoms with Crippen molar-refractivity contribution in [2.24, 2.45) is 5.92 Å². The predicted octanol–water partition coefficient (Wildman–Crippen LogP) is 0.346. The highest BCUT2D eigenvalue weighted by molar-refractivity contribution is 5.72. The number of nitrogens with zero attached hydrogens (tertiary/aromatic N) is 1. The summed E-state index contributed by atoms with van der Waals surface area (Å²) < 4.78 is 4.92. The van der Waals surface area contributed by atoms with E-state index in [0.29, 0.717) is 32.5 Å². The average molecular weight is 215 g/mol. The van der Waals surface area contributed by atoms with Crippen molar-refractivity contribution in [3.05, 3.63) is 0 Å². The molecule has 5 heteroatoms. The van der Waals surface area contributed by atoms with Gasteiger partial charge in [0.05, 0.1) is 19.1 Å². The Kier molecular flexibility index (Phi) is 4.55. The molecule has 0 aromatic heterocycles. The van der Waals surface area contributed by atoms with E-state index in [4.69, 9.17) is 9.84 Å². The van der Waals surface area contributed by atoms with Crippen LogP contribution in [0.15, 0.2) is 0 Å². The number of likely N-dealkylation sites (tertiary alicyclic amines) is 1. The molecule has 1 rings (SSSR count). The van der Waals surface area contributed by atoms with Crippen LogP contribution < -0.4 is 0 Å². The van der Waals surface area contributed by atoms with E-state index in [1.807, 2.05) is 4.90 Å². The molecule has 1 fully saturated rings. The van der Waals surface area contributed by atoms with Gasteiger partial charge in [-0.25, -0.2) is 0 Å². The van der Waals surface area contributed by atoms with Gasteiger partial charge in [0.15, 0.2) is 0 Å². The highest BCUT2D eigenvalue weighted by atomic mass is 16.5. The van der Waals surface area contributed by atoms with Gasteiger partial charge in [0, 0.05) is 0 Å². The molecule has 0 aliphatic carbocycles. The van der Waals surface area contributed by atoms with Crippen LogP contribution in [0.5, 0.6) is 0 Å². The van der Waals surface area contributed by atoms with Gasteiger partial charge in [-0.3, -0.25) is 14.5 Å². The Morgan fingerprint density at radius 1 is 1.40 bits per heavy atom. The zero-order valence-electron chi connectivity index (χ0n) is 8.94. The van der Waals surface area contributed by atoms with Gasteiger partial charge in [-0.1, -0.05) is 0 Å².